The Bertz CT molecular complexity index is 484. The molecule has 0 heterocycles. The van der Waals surface area contributed by atoms with Crippen molar-refractivity contribution in [3.8, 4) is 0 Å². The third-order valence-corrected chi connectivity index (χ3v) is 6.27. The van der Waals surface area contributed by atoms with Crippen molar-refractivity contribution in [1.29, 1.82) is 0 Å². The van der Waals surface area contributed by atoms with Crippen LogP contribution in [0.15, 0.2) is 12.1 Å². The molecule has 0 saturated heterocycles. The largest absolute Gasteiger partial charge is 0.207 e. The zero-order valence-electron chi connectivity index (χ0n) is 17.9. The third kappa shape index (κ3) is 6.06. The lowest BCUT2D eigenvalue weighted by Gasteiger charge is -2.37. The van der Waals surface area contributed by atoms with Crippen LogP contribution in [0.5, 0.6) is 0 Å². The Morgan fingerprint density at radius 1 is 0.692 bits per heavy atom. The van der Waals surface area contributed by atoms with Crippen LogP contribution in [0, 0.1) is 36.3 Å². The first-order chi connectivity index (χ1) is 12.5. The lowest BCUT2D eigenvalue weighted by molar-refractivity contribution is 0.165. The quantitative estimate of drug-likeness (QED) is 0.492. The van der Waals surface area contributed by atoms with Crippen molar-refractivity contribution in [2.45, 2.75) is 98.8 Å². The second kappa shape index (κ2) is 11.7. The Morgan fingerprint density at radius 2 is 1.08 bits per heavy atom. The summed E-state index contributed by atoms with van der Waals surface area (Å²) in [6, 6.07) is 3.12. The Kier molecular flexibility index (Phi) is 10.4. The van der Waals surface area contributed by atoms with E-state index in [4.69, 9.17) is 0 Å². The van der Waals surface area contributed by atoms with Gasteiger partial charge in [-0.3, -0.25) is 0 Å². The van der Waals surface area contributed by atoms with E-state index in [1.54, 1.807) is 12.1 Å². The van der Waals surface area contributed by atoms with Crippen LogP contribution in [0.4, 0.5) is 8.78 Å². The summed E-state index contributed by atoms with van der Waals surface area (Å²) in [7, 11) is 0. The molecule has 1 aromatic rings. The molecule has 0 unspecified atom stereocenters. The smallest absolute Gasteiger partial charge is 0.129 e. The van der Waals surface area contributed by atoms with Gasteiger partial charge in [0, 0.05) is 5.56 Å². The lowest BCUT2D eigenvalue weighted by Crippen LogP contribution is -2.24. The molecule has 2 fully saturated rings. The van der Waals surface area contributed by atoms with Gasteiger partial charge in [-0.25, -0.2) is 8.78 Å². The molecule has 0 atom stereocenters. The van der Waals surface area contributed by atoms with Crippen molar-refractivity contribution in [1.82, 2.24) is 0 Å². The average Bonchev–Trinajstić information content (AvgIpc) is 2.69. The summed E-state index contributed by atoms with van der Waals surface area (Å²) in [5.74, 6) is 2.23. The Labute approximate surface area is 160 Å². The minimum absolute atomic E-state index is 0.147. The van der Waals surface area contributed by atoms with Gasteiger partial charge in [0.05, 0.1) is 0 Å². The van der Waals surface area contributed by atoms with Crippen LogP contribution in [0.1, 0.15) is 103 Å². The molecule has 0 bridgehead atoms. The summed E-state index contributed by atoms with van der Waals surface area (Å²) in [5.41, 5.74) is 1.02. The van der Waals surface area contributed by atoms with Gasteiger partial charge >= 0.3 is 0 Å². The lowest BCUT2D eigenvalue weighted by atomic mass is 9.68. The van der Waals surface area contributed by atoms with E-state index in [1.165, 1.54) is 45.4 Å². The van der Waals surface area contributed by atoms with Crippen LogP contribution in [-0.2, 0) is 0 Å². The van der Waals surface area contributed by atoms with Gasteiger partial charge in [0.15, 0.2) is 0 Å². The van der Waals surface area contributed by atoms with Gasteiger partial charge in [0.2, 0.25) is 0 Å². The molecule has 26 heavy (non-hydrogen) atoms. The van der Waals surface area contributed by atoms with Crippen LogP contribution in [0.25, 0.3) is 0 Å². The predicted molar refractivity (Wildman–Crippen MR) is 110 cm³/mol. The highest BCUT2D eigenvalue weighted by Crippen LogP contribution is 2.44. The van der Waals surface area contributed by atoms with Crippen molar-refractivity contribution < 1.29 is 8.78 Å². The molecule has 0 spiro atoms. The zero-order valence-corrected chi connectivity index (χ0v) is 17.9. The molecule has 3 rings (SSSR count). The predicted octanol–water partition coefficient (Wildman–Crippen LogP) is 8.43. The average molecular weight is 367 g/mol. The maximum Gasteiger partial charge on any atom is 0.129 e. The fourth-order valence-corrected chi connectivity index (χ4v) is 4.58. The summed E-state index contributed by atoms with van der Waals surface area (Å²) >= 11 is 0. The van der Waals surface area contributed by atoms with Crippen LogP contribution in [0.3, 0.4) is 0 Å². The number of benzene rings is 1. The van der Waals surface area contributed by atoms with Crippen LogP contribution in [-0.4, -0.2) is 0 Å². The Morgan fingerprint density at radius 3 is 1.50 bits per heavy atom. The second-order valence-corrected chi connectivity index (χ2v) is 7.74. The summed E-state index contributed by atoms with van der Waals surface area (Å²) in [5, 5.41) is 0. The monoisotopic (exact) mass is 366 g/mol. The Balaban J connectivity index is 0.000000791. The van der Waals surface area contributed by atoms with Gasteiger partial charge in [0.25, 0.3) is 0 Å². The van der Waals surface area contributed by atoms with E-state index in [-0.39, 0.29) is 5.56 Å². The number of rotatable bonds is 2. The minimum Gasteiger partial charge on any atom is -0.207 e. The topological polar surface area (TPSA) is 0 Å². The normalized spacial score (nSPS) is 28.3. The number of hydrogen-bond acceptors (Lipinski definition) is 0. The molecule has 0 aromatic heterocycles. The van der Waals surface area contributed by atoms with E-state index < -0.39 is 11.6 Å². The molecule has 0 radical (unpaired) electrons. The standard InChI is InChI=1S/C20H28F2.2C2H6/c1-13-3-5-15(6-4-13)16-7-9-17(10-8-16)18-11-19(21)14(2)20(22)12-18;2*1-2/h11-13,15-17H,3-10H2,1-2H3;2*1-2H3. The molecular weight excluding hydrogens is 326 g/mol. The molecule has 1 aromatic carbocycles. The highest BCUT2D eigenvalue weighted by molar-refractivity contribution is 5.28. The van der Waals surface area contributed by atoms with Gasteiger partial charge in [-0.05, 0) is 86.8 Å². The van der Waals surface area contributed by atoms with E-state index in [1.807, 2.05) is 27.7 Å². The molecule has 2 saturated carbocycles. The number of halogens is 2. The van der Waals surface area contributed by atoms with Crippen LogP contribution >= 0.6 is 0 Å². The maximum absolute atomic E-state index is 13.8. The molecular formula is C24H40F2. The highest BCUT2D eigenvalue weighted by Gasteiger charge is 2.30. The van der Waals surface area contributed by atoms with E-state index >= 15 is 0 Å². The minimum atomic E-state index is -0.390. The summed E-state index contributed by atoms with van der Waals surface area (Å²) < 4.78 is 27.5. The summed E-state index contributed by atoms with van der Waals surface area (Å²) in [4.78, 5) is 0. The first kappa shape index (κ1) is 23.1. The molecule has 2 aliphatic carbocycles. The molecule has 2 heteroatoms. The molecule has 0 aliphatic heterocycles. The SMILES string of the molecule is CC.CC.Cc1c(F)cc(C2CCC(C3CCC(C)CC3)CC2)cc1F. The summed E-state index contributed by atoms with van der Waals surface area (Å²) in [6.45, 7) is 11.9. The number of hydrogen-bond donors (Lipinski definition) is 0. The van der Waals surface area contributed by atoms with Crippen molar-refractivity contribution in [2.24, 2.45) is 17.8 Å². The van der Waals surface area contributed by atoms with E-state index in [9.17, 15) is 8.78 Å². The first-order valence-corrected chi connectivity index (χ1v) is 11.0. The maximum atomic E-state index is 13.8. The molecule has 150 valence electrons. The van der Waals surface area contributed by atoms with E-state index in [0.717, 1.165) is 36.2 Å². The Hall–Kier alpha value is -0.920. The molecule has 0 amide bonds. The fourth-order valence-electron chi connectivity index (χ4n) is 4.58. The van der Waals surface area contributed by atoms with E-state index in [2.05, 4.69) is 6.92 Å². The first-order valence-electron chi connectivity index (χ1n) is 11.0. The van der Waals surface area contributed by atoms with Gasteiger partial charge in [0.1, 0.15) is 11.6 Å². The van der Waals surface area contributed by atoms with Crippen molar-refractivity contribution in [2.75, 3.05) is 0 Å². The van der Waals surface area contributed by atoms with Crippen LogP contribution < -0.4 is 0 Å². The van der Waals surface area contributed by atoms with Gasteiger partial charge in [-0.15, -0.1) is 0 Å². The second-order valence-electron chi connectivity index (χ2n) is 7.74. The van der Waals surface area contributed by atoms with Gasteiger partial charge < -0.3 is 0 Å². The van der Waals surface area contributed by atoms with Crippen molar-refractivity contribution >= 4 is 0 Å². The van der Waals surface area contributed by atoms with Crippen molar-refractivity contribution in [3.05, 3.63) is 34.9 Å². The highest BCUT2D eigenvalue weighted by atomic mass is 19.1. The molecule has 2 aliphatic rings. The zero-order chi connectivity index (χ0) is 19.7. The third-order valence-electron chi connectivity index (χ3n) is 6.27. The van der Waals surface area contributed by atoms with Crippen LogP contribution in [0.2, 0.25) is 0 Å². The van der Waals surface area contributed by atoms with Gasteiger partial charge in [-0.2, -0.15) is 0 Å². The van der Waals surface area contributed by atoms with Gasteiger partial charge in [-0.1, -0.05) is 47.5 Å². The van der Waals surface area contributed by atoms with Crippen molar-refractivity contribution in [3.63, 3.8) is 0 Å². The summed E-state index contributed by atoms with van der Waals surface area (Å²) in [6.07, 6.45) is 10.2. The molecule has 0 nitrogen and oxygen atoms in total. The fraction of sp³-hybridized carbons (Fsp3) is 0.750. The molecule has 0 N–H and O–H groups in total. The van der Waals surface area contributed by atoms with E-state index in [0.29, 0.717) is 5.92 Å².